The molecule has 0 N–H and O–H groups in total. The Kier molecular flexibility index (Phi) is 3.22. The summed E-state index contributed by atoms with van der Waals surface area (Å²) < 4.78 is 2.40. The quantitative estimate of drug-likeness (QED) is 0.763. The Morgan fingerprint density at radius 1 is 1.26 bits per heavy atom. The van der Waals surface area contributed by atoms with Gasteiger partial charge >= 0.3 is 0 Å². The van der Waals surface area contributed by atoms with Gasteiger partial charge in [-0.15, -0.1) is 0 Å². The highest BCUT2D eigenvalue weighted by atomic mass is 15.2. The first-order chi connectivity index (χ1) is 10.9. The number of piperidine rings is 1. The molecule has 2 heteroatoms. The SMILES string of the molecule is CCC1CN(C)C2Cc3c(C)n(C)c4cccc(c34)C2(C)C1C. The van der Waals surface area contributed by atoms with Crippen molar-refractivity contribution >= 4 is 10.9 Å². The summed E-state index contributed by atoms with van der Waals surface area (Å²) in [6.07, 6.45) is 2.48. The van der Waals surface area contributed by atoms with Crippen molar-refractivity contribution in [2.75, 3.05) is 13.6 Å². The third-order valence-electron chi connectivity index (χ3n) is 7.55. The molecule has 4 atom stereocenters. The van der Waals surface area contributed by atoms with Crippen molar-refractivity contribution in [3.8, 4) is 0 Å². The summed E-state index contributed by atoms with van der Waals surface area (Å²) in [6, 6.07) is 7.61. The molecule has 0 radical (unpaired) electrons. The first-order valence-electron chi connectivity index (χ1n) is 9.18. The number of likely N-dealkylation sites (N-methyl/N-ethyl adjacent to an activating group) is 1. The van der Waals surface area contributed by atoms with Gasteiger partial charge in [-0.3, -0.25) is 0 Å². The molecule has 0 amide bonds. The van der Waals surface area contributed by atoms with Gasteiger partial charge in [0.25, 0.3) is 0 Å². The number of rotatable bonds is 1. The number of hydrogen-bond acceptors (Lipinski definition) is 1. The third-order valence-corrected chi connectivity index (χ3v) is 7.55. The molecule has 2 heterocycles. The maximum Gasteiger partial charge on any atom is 0.0485 e. The fraction of sp³-hybridized carbons (Fsp3) is 0.619. The van der Waals surface area contributed by atoms with Gasteiger partial charge in [-0.25, -0.2) is 0 Å². The van der Waals surface area contributed by atoms with E-state index in [0.29, 0.717) is 6.04 Å². The minimum atomic E-state index is 0.258. The van der Waals surface area contributed by atoms with Crippen molar-refractivity contribution in [1.82, 2.24) is 9.47 Å². The second-order valence-electron chi connectivity index (χ2n) is 8.22. The van der Waals surface area contributed by atoms with Crippen molar-refractivity contribution in [3.63, 3.8) is 0 Å². The largest absolute Gasteiger partial charge is 0.348 e. The Balaban J connectivity index is 2.03. The van der Waals surface area contributed by atoms with Crippen LogP contribution in [0.15, 0.2) is 18.2 Å². The van der Waals surface area contributed by atoms with Gasteiger partial charge in [-0.2, -0.15) is 0 Å². The lowest BCUT2D eigenvalue weighted by molar-refractivity contribution is 0.00699. The summed E-state index contributed by atoms with van der Waals surface area (Å²) in [4.78, 5) is 2.66. The molecular formula is C21H30N2. The van der Waals surface area contributed by atoms with Crippen molar-refractivity contribution in [2.24, 2.45) is 18.9 Å². The van der Waals surface area contributed by atoms with Gasteiger partial charge in [-0.05, 0) is 49.4 Å². The number of aromatic nitrogens is 1. The molecule has 1 aromatic carbocycles. The van der Waals surface area contributed by atoms with Gasteiger partial charge in [0.1, 0.15) is 0 Å². The summed E-state index contributed by atoms with van der Waals surface area (Å²) in [6.45, 7) is 11.0. The first kappa shape index (κ1) is 15.3. The molecule has 2 aromatic rings. The lowest BCUT2D eigenvalue weighted by atomic mass is 9.56. The number of fused-ring (bicyclic) bond motifs is 2. The van der Waals surface area contributed by atoms with E-state index in [1.807, 2.05) is 0 Å². The molecular weight excluding hydrogens is 280 g/mol. The van der Waals surface area contributed by atoms with Crippen LogP contribution in [0.2, 0.25) is 0 Å². The van der Waals surface area contributed by atoms with Crippen LogP contribution in [0.1, 0.15) is 44.0 Å². The lowest BCUT2D eigenvalue weighted by Gasteiger charge is -2.56. The van der Waals surface area contributed by atoms with E-state index in [9.17, 15) is 0 Å². The Hall–Kier alpha value is -1.28. The number of hydrogen-bond donors (Lipinski definition) is 0. The first-order valence-corrected chi connectivity index (χ1v) is 9.18. The van der Waals surface area contributed by atoms with E-state index in [4.69, 9.17) is 0 Å². The zero-order valence-corrected chi connectivity index (χ0v) is 15.5. The lowest BCUT2D eigenvalue weighted by Crippen LogP contribution is -2.61. The van der Waals surface area contributed by atoms with Crippen LogP contribution in [-0.2, 0) is 18.9 Å². The molecule has 1 saturated heterocycles. The number of benzene rings is 1. The summed E-state index contributed by atoms with van der Waals surface area (Å²) in [5, 5.41) is 1.56. The highest BCUT2D eigenvalue weighted by Crippen LogP contribution is 2.52. The summed E-state index contributed by atoms with van der Waals surface area (Å²) in [7, 11) is 4.57. The second kappa shape index (κ2) is 4.86. The van der Waals surface area contributed by atoms with Gasteiger partial charge in [0.2, 0.25) is 0 Å². The van der Waals surface area contributed by atoms with Gasteiger partial charge < -0.3 is 9.47 Å². The zero-order valence-electron chi connectivity index (χ0n) is 15.5. The summed E-state index contributed by atoms with van der Waals surface area (Å²) >= 11 is 0. The predicted molar refractivity (Wildman–Crippen MR) is 98.1 cm³/mol. The highest BCUT2D eigenvalue weighted by molar-refractivity contribution is 5.91. The Labute approximate surface area is 140 Å². The van der Waals surface area contributed by atoms with E-state index >= 15 is 0 Å². The van der Waals surface area contributed by atoms with Crippen molar-refractivity contribution in [1.29, 1.82) is 0 Å². The number of aryl methyl sites for hydroxylation is 1. The van der Waals surface area contributed by atoms with Crippen molar-refractivity contribution in [3.05, 3.63) is 35.0 Å². The van der Waals surface area contributed by atoms with E-state index in [1.165, 1.54) is 30.6 Å². The maximum atomic E-state index is 2.66. The fourth-order valence-electron chi connectivity index (χ4n) is 5.77. The Bertz CT molecular complexity index is 772. The van der Waals surface area contributed by atoms with Crippen LogP contribution in [0.25, 0.3) is 10.9 Å². The van der Waals surface area contributed by atoms with E-state index < -0.39 is 0 Å². The average molecular weight is 310 g/mol. The van der Waals surface area contributed by atoms with E-state index in [1.54, 1.807) is 16.5 Å². The van der Waals surface area contributed by atoms with Crippen molar-refractivity contribution < 1.29 is 0 Å². The zero-order chi connectivity index (χ0) is 16.5. The van der Waals surface area contributed by atoms with Gasteiger partial charge in [0.05, 0.1) is 0 Å². The van der Waals surface area contributed by atoms with Gasteiger partial charge in [-0.1, -0.05) is 39.3 Å². The summed E-state index contributed by atoms with van der Waals surface area (Å²) in [5.74, 6) is 1.52. The molecule has 23 heavy (non-hydrogen) atoms. The maximum absolute atomic E-state index is 2.66. The normalized spacial score (nSPS) is 33.9. The van der Waals surface area contributed by atoms with Crippen LogP contribution in [0.5, 0.6) is 0 Å². The molecule has 0 saturated carbocycles. The molecule has 2 nitrogen and oxygen atoms in total. The third kappa shape index (κ3) is 1.73. The topological polar surface area (TPSA) is 8.17 Å². The number of nitrogens with zero attached hydrogens (tertiary/aromatic N) is 2. The molecule has 2 aliphatic rings. The Morgan fingerprint density at radius 2 is 2.00 bits per heavy atom. The van der Waals surface area contributed by atoms with Crippen molar-refractivity contribution in [2.45, 2.75) is 52.0 Å². The minimum Gasteiger partial charge on any atom is -0.348 e. The highest BCUT2D eigenvalue weighted by Gasteiger charge is 2.52. The predicted octanol–water partition coefficient (Wildman–Crippen LogP) is 4.28. The van der Waals surface area contributed by atoms with Crippen LogP contribution in [0.4, 0.5) is 0 Å². The van der Waals surface area contributed by atoms with Crippen LogP contribution < -0.4 is 0 Å². The average Bonchev–Trinajstić information content (AvgIpc) is 2.79. The Morgan fingerprint density at radius 3 is 2.70 bits per heavy atom. The van der Waals surface area contributed by atoms with E-state index in [-0.39, 0.29) is 5.41 Å². The molecule has 4 rings (SSSR count). The standard InChI is InChI=1S/C21H30N2/c1-7-15-12-22(5)19-11-16-14(3)23(6)18-10-8-9-17(20(16)18)21(19,4)13(15)2/h8-10,13,15,19H,7,11-12H2,1-6H3. The molecule has 4 unspecified atom stereocenters. The van der Waals surface area contributed by atoms with E-state index in [2.05, 4.69) is 69.5 Å². The van der Waals surface area contributed by atoms with Gasteiger partial charge in [0.15, 0.2) is 0 Å². The molecule has 1 fully saturated rings. The van der Waals surface area contributed by atoms with Crippen LogP contribution in [0, 0.1) is 18.8 Å². The molecule has 1 aromatic heterocycles. The summed E-state index contributed by atoms with van der Waals surface area (Å²) in [5.41, 5.74) is 6.32. The van der Waals surface area contributed by atoms with Crippen LogP contribution in [-0.4, -0.2) is 29.1 Å². The molecule has 0 spiro atoms. The molecule has 1 aliphatic heterocycles. The fourth-order valence-corrected chi connectivity index (χ4v) is 5.77. The monoisotopic (exact) mass is 310 g/mol. The van der Waals surface area contributed by atoms with Crippen LogP contribution >= 0.6 is 0 Å². The molecule has 1 aliphatic carbocycles. The second-order valence-corrected chi connectivity index (χ2v) is 8.22. The van der Waals surface area contributed by atoms with E-state index in [0.717, 1.165) is 11.8 Å². The molecule has 124 valence electrons. The smallest absolute Gasteiger partial charge is 0.0485 e. The van der Waals surface area contributed by atoms with Crippen LogP contribution in [0.3, 0.4) is 0 Å². The minimum absolute atomic E-state index is 0.258. The molecule has 0 bridgehead atoms. The van der Waals surface area contributed by atoms with Gasteiger partial charge in [0, 0.05) is 41.6 Å². The number of likely N-dealkylation sites (tertiary alicyclic amines) is 1.